The maximum atomic E-state index is 14.2. The van der Waals surface area contributed by atoms with Crippen LogP contribution in [0, 0.1) is 11.8 Å². The molecular weight excluding hydrogens is 568 g/mol. The summed E-state index contributed by atoms with van der Waals surface area (Å²) in [6, 6.07) is 9.78. The molecule has 0 radical (unpaired) electrons. The van der Waals surface area contributed by atoms with Gasteiger partial charge in [-0.3, -0.25) is 14.3 Å². The fraction of sp³-hybridized carbons (Fsp3) is 0.375. The second-order valence-electron chi connectivity index (χ2n) is 10.1. The number of benzene rings is 2. The van der Waals surface area contributed by atoms with Gasteiger partial charge in [-0.1, -0.05) is 38.1 Å². The largest absolute Gasteiger partial charge is 0.341 e. The monoisotopic (exact) mass is 596 g/mol. The van der Waals surface area contributed by atoms with Crippen molar-refractivity contribution in [2.75, 3.05) is 22.6 Å². The Kier molecular flexibility index (Phi) is 7.25. The molecule has 1 aliphatic carbocycles. The second kappa shape index (κ2) is 9.80. The average Bonchev–Trinajstić information content (AvgIpc) is 2.79. The Balaban J connectivity index is 1.88. The van der Waals surface area contributed by atoms with Crippen LogP contribution in [0.1, 0.15) is 42.6 Å². The summed E-state index contributed by atoms with van der Waals surface area (Å²) < 4.78 is 82.9. The minimum atomic E-state index is -4.49. The third-order valence-corrected chi connectivity index (χ3v) is 9.03. The molecule has 2 aromatic rings. The Bertz CT molecular complexity index is 1730. The molecule has 39 heavy (non-hydrogen) atoms. The standard InChI is InChI=1S/C24H28N4O8S3/c1-14(2)11-12-24(28-38(4,33)34)17-8-6-5-7-16(17)21(29)20(22(24)30)23-25-18-10-9-15(26-37(3,31)32)13-19(18)39(35,36)27-23/h5-10,13-14,20,26,28H,11-12H2,1-4H3,(H,25,27)/t20?,24-/m0/s1. The summed E-state index contributed by atoms with van der Waals surface area (Å²) in [6.45, 7) is 3.80. The van der Waals surface area contributed by atoms with Crippen molar-refractivity contribution in [1.29, 1.82) is 0 Å². The fourth-order valence-corrected chi connectivity index (χ4v) is 7.47. The van der Waals surface area contributed by atoms with Crippen molar-refractivity contribution in [2.24, 2.45) is 16.2 Å². The molecule has 0 spiro atoms. The number of hydrogen-bond donors (Lipinski definition) is 3. The quantitative estimate of drug-likeness (QED) is 0.382. The van der Waals surface area contributed by atoms with E-state index in [1.807, 2.05) is 13.8 Å². The van der Waals surface area contributed by atoms with E-state index in [2.05, 4.69) is 19.2 Å². The van der Waals surface area contributed by atoms with Crippen molar-refractivity contribution in [3.63, 3.8) is 0 Å². The summed E-state index contributed by atoms with van der Waals surface area (Å²) in [7, 11) is -12.2. The summed E-state index contributed by atoms with van der Waals surface area (Å²) in [5.41, 5.74) is -1.63. The predicted molar refractivity (Wildman–Crippen MR) is 146 cm³/mol. The molecule has 4 rings (SSSR count). The first-order valence-corrected chi connectivity index (χ1v) is 17.1. The molecule has 0 amide bonds. The lowest BCUT2D eigenvalue weighted by Crippen LogP contribution is -2.60. The van der Waals surface area contributed by atoms with Gasteiger partial charge in [0.15, 0.2) is 11.6 Å². The highest BCUT2D eigenvalue weighted by Crippen LogP contribution is 2.42. The van der Waals surface area contributed by atoms with E-state index in [1.165, 1.54) is 24.3 Å². The molecule has 2 aromatic carbocycles. The van der Waals surface area contributed by atoms with Gasteiger partial charge in [-0.15, -0.1) is 4.40 Å². The number of anilines is 2. The number of sulfonamides is 3. The van der Waals surface area contributed by atoms with Crippen LogP contribution in [0.5, 0.6) is 0 Å². The molecule has 12 nitrogen and oxygen atoms in total. The minimum Gasteiger partial charge on any atom is -0.341 e. The number of rotatable bonds is 8. The number of nitrogens with one attached hydrogen (secondary N) is 3. The number of ketones is 2. The maximum absolute atomic E-state index is 14.2. The molecule has 0 bridgehead atoms. The van der Waals surface area contributed by atoms with Gasteiger partial charge in [0.2, 0.25) is 20.0 Å². The molecule has 1 unspecified atom stereocenters. The highest BCUT2D eigenvalue weighted by Gasteiger charge is 2.55. The Labute approximate surface area is 227 Å². The Morgan fingerprint density at radius 3 is 2.31 bits per heavy atom. The molecule has 0 saturated carbocycles. The minimum absolute atomic E-state index is 0.0223. The van der Waals surface area contributed by atoms with Crippen LogP contribution in [0.3, 0.4) is 0 Å². The summed E-state index contributed by atoms with van der Waals surface area (Å²) in [4.78, 5) is 27.5. The number of amidine groups is 1. The summed E-state index contributed by atoms with van der Waals surface area (Å²) in [5.74, 6) is -3.73. The zero-order chi connectivity index (χ0) is 29.0. The molecular formula is C24H28N4O8S3. The number of fused-ring (bicyclic) bond motifs is 2. The van der Waals surface area contributed by atoms with Gasteiger partial charge in [0, 0.05) is 11.3 Å². The van der Waals surface area contributed by atoms with E-state index in [9.17, 15) is 34.8 Å². The van der Waals surface area contributed by atoms with Crippen LogP contribution in [0.4, 0.5) is 11.4 Å². The normalized spacial score (nSPS) is 22.5. The van der Waals surface area contributed by atoms with Crippen LogP contribution in [-0.2, 0) is 40.4 Å². The highest BCUT2D eigenvalue weighted by molar-refractivity contribution is 7.92. The van der Waals surface area contributed by atoms with E-state index in [4.69, 9.17) is 0 Å². The fourth-order valence-electron chi connectivity index (χ4n) is 4.79. The van der Waals surface area contributed by atoms with Gasteiger partial charge in [0.1, 0.15) is 22.2 Å². The van der Waals surface area contributed by atoms with Gasteiger partial charge in [0.25, 0.3) is 10.0 Å². The Morgan fingerprint density at radius 1 is 1.03 bits per heavy atom. The SMILES string of the molecule is CC(C)CC[C@@]1(NS(C)(=O)=O)C(=O)C(C2=NS(=O)(=O)c3cc(NS(C)(=O)=O)ccc3N2)C(=O)c2ccccc21. The van der Waals surface area contributed by atoms with E-state index in [1.54, 1.807) is 12.1 Å². The van der Waals surface area contributed by atoms with Gasteiger partial charge < -0.3 is 5.32 Å². The second-order valence-corrected chi connectivity index (χ2v) is 15.2. The van der Waals surface area contributed by atoms with Crippen molar-refractivity contribution in [2.45, 2.75) is 37.1 Å². The lowest BCUT2D eigenvalue weighted by atomic mass is 9.67. The number of Topliss-reactive ketones (excluding diaryl/α,β-unsaturated/α-hetero) is 2. The molecule has 1 aliphatic heterocycles. The van der Waals surface area contributed by atoms with Crippen LogP contribution < -0.4 is 14.8 Å². The Hall–Kier alpha value is -3.14. The van der Waals surface area contributed by atoms with Gasteiger partial charge >= 0.3 is 0 Å². The van der Waals surface area contributed by atoms with E-state index >= 15 is 0 Å². The molecule has 1 heterocycles. The predicted octanol–water partition coefficient (Wildman–Crippen LogP) is 1.83. The van der Waals surface area contributed by atoms with Crippen molar-refractivity contribution in [3.05, 3.63) is 53.6 Å². The van der Waals surface area contributed by atoms with Crippen molar-refractivity contribution >= 4 is 58.8 Å². The molecule has 0 fully saturated rings. The summed E-state index contributed by atoms with van der Waals surface area (Å²) in [6.07, 6.45) is 2.25. The molecule has 3 N–H and O–H groups in total. The smallest absolute Gasteiger partial charge is 0.286 e. The molecule has 2 aliphatic rings. The van der Waals surface area contributed by atoms with Crippen LogP contribution in [0.15, 0.2) is 51.8 Å². The summed E-state index contributed by atoms with van der Waals surface area (Å²) in [5, 5.41) is 2.74. The van der Waals surface area contributed by atoms with E-state index in [0.29, 0.717) is 6.42 Å². The topological polar surface area (TPSA) is 185 Å². The zero-order valence-corrected chi connectivity index (χ0v) is 24.0. The zero-order valence-electron chi connectivity index (χ0n) is 21.5. The first-order chi connectivity index (χ1) is 17.9. The number of hydrogen-bond acceptors (Lipinski definition) is 9. The van der Waals surface area contributed by atoms with Gasteiger partial charge in [0.05, 0.1) is 18.2 Å². The van der Waals surface area contributed by atoms with Gasteiger partial charge in [-0.25, -0.2) is 16.8 Å². The molecule has 210 valence electrons. The average molecular weight is 597 g/mol. The number of carbonyl (C=O) groups excluding carboxylic acids is 2. The number of nitrogens with zero attached hydrogens (tertiary/aromatic N) is 1. The first-order valence-electron chi connectivity index (χ1n) is 11.8. The summed E-state index contributed by atoms with van der Waals surface area (Å²) >= 11 is 0. The van der Waals surface area contributed by atoms with Gasteiger partial charge in [-0.05, 0) is 42.5 Å². The molecule has 0 aromatic heterocycles. The van der Waals surface area contributed by atoms with Crippen LogP contribution in [0.25, 0.3) is 0 Å². The Morgan fingerprint density at radius 2 is 1.69 bits per heavy atom. The lowest BCUT2D eigenvalue weighted by Gasteiger charge is -2.41. The van der Waals surface area contributed by atoms with E-state index in [-0.39, 0.29) is 39.7 Å². The maximum Gasteiger partial charge on any atom is 0.286 e. The van der Waals surface area contributed by atoms with Crippen LogP contribution in [-0.4, -0.2) is 55.2 Å². The van der Waals surface area contributed by atoms with Crippen molar-refractivity contribution in [1.82, 2.24) is 4.72 Å². The third kappa shape index (κ3) is 5.76. The van der Waals surface area contributed by atoms with Crippen LogP contribution in [0.2, 0.25) is 0 Å². The first kappa shape index (κ1) is 28.9. The number of carbonyl (C=O) groups is 2. The van der Waals surface area contributed by atoms with Gasteiger partial charge in [-0.2, -0.15) is 13.1 Å². The van der Waals surface area contributed by atoms with Crippen molar-refractivity contribution in [3.8, 4) is 0 Å². The van der Waals surface area contributed by atoms with E-state index < -0.39 is 58.9 Å². The lowest BCUT2D eigenvalue weighted by molar-refractivity contribution is -0.126. The molecule has 2 atom stereocenters. The molecule has 0 saturated heterocycles. The van der Waals surface area contributed by atoms with Crippen molar-refractivity contribution < 1.29 is 34.8 Å². The molecule has 15 heteroatoms. The highest BCUT2D eigenvalue weighted by atomic mass is 32.2. The third-order valence-electron chi connectivity index (χ3n) is 6.37. The van der Waals surface area contributed by atoms with Crippen LogP contribution >= 0.6 is 0 Å². The van der Waals surface area contributed by atoms with E-state index in [0.717, 1.165) is 18.6 Å².